The molecule has 0 spiro atoms. The molecule has 3 rings (SSSR count). The van der Waals surface area contributed by atoms with Crippen LogP contribution in [0.15, 0.2) is 42.5 Å². The minimum absolute atomic E-state index is 0.104. The lowest BCUT2D eigenvalue weighted by Gasteiger charge is -2.14. The summed E-state index contributed by atoms with van der Waals surface area (Å²) in [6, 6.07) is 12.9. The van der Waals surface area contributed by atoms with Crippen LogP contribution >= 0.6 is 11.6 Å². The first-order valence-corrected chi connectivity index (χ1v) is 7.02. The van der Waals surface area contributed by atoms with E-state index in [0.29, 0.717) is 5.52 Å². The molecule has 0 atom stereocenters. The monoisotopic (exact) mass is 300 g/mol. The van der Waals surface area contributed by atoms with E-state index in [1.165, 1.54) is 6.07 Å². The van der Waals surface area contributed by atoms with Crippen LogP contribution in [0, 0.1) is 12.7 Å². The van der Waals surface area contributed by atoms with E-state index in [0.717, 1.165) is 27.9 Å². The molecule has 106 valence electrons. The highest BCUT2D eigenvalue weighted by Crippen LogP contribution is 2.35. The number of nitrogens with one attached hydrogen (secondary N) is 1. The highest BCUT2D eigenvalue weighted by Gasteiger charge is 2.14. The molecule has 0 saturated heterocycles. The molecule has 21 heavy (non-hydrogen) atoms. The standard InChI is InChI=1S/C17H14ClFN2/c1-10-16(11-6-4-3-5-7-11)21-15-9-14(19)13(18)8-12(15)17(10)20-2/h3-9H,1-2H3,(H,20,21). The van der Waals surface area contributed by atoms with E-state index < -0.39 is 5.82 Å². The van der Waals surface area contributed by atoms with Crippen LogP contribution in [0.25, 0.3) is 22.2 Å². The normalized spacial score (nSPS) is 10.9. The number of aromatic nitrogens is 1. The molecular weight excluding hydrogens is 287 g/mol. The van der Waals surface area contributed by atoms with Crippen molar-refractivity contribution in [2.75, 3.05) is 12.4 Å². The lowest BCUT2D eigenvalue weighted by Crippen LogP contribution is -1.99. The number of halogens is 2. The third-order valence-electron chi connectivity index (χ3n) is 3.57. The number of fused-ring (bicyclic) bond motifs is 1. The lowest BCUT2D eigenvalue weighted by atomic mass is 10.0. The summed E-state index contributed by atoms with van der Waals surface area (Å²) in [5, 5.41) is 4.10. The van der Waals surface area contributed by atoms with Crippen LogP contribution in [0.4, 0.5) is 10.1 Å². The van der Waals surface area contributed by atoms with Crippen molar-refractivity contribution in [3.63, 3.8) is 0 Å². The van der Waals surface area contributed by atoms with Crippen LogP contribution in [-0.2, 0) is 0 Å². The van der Waals surface area contributed by atoms with Crippen molar-refractivity contribution in [3.05, 3.63) is 58.9 Å². The van der Waals surface area contributed by atoms with Crippen molar-refractivity contribution in [1.29, 1.82) is 0 Å². The van der Waals surface area contributed by atoms with E-state index in [2.05, 4.69) is 10.3 Å². The molecule has 0 amide bonds. The van der Waals surface area contributed by atoms with Gasteiger partial charge in [-0.05, 0) is 18.6 Å². The molecule has 0 aliphatic rings. The molecule has 4 heteroatoms. The summed E-state index contributed by atoms with van der Waals surface area (Å²) >= 11 is 5.90. The van der Waals surface area contributed by atoms with Gasteiger partial charge in [0, 0.05) is 29.8 Å². The average molecular weight is 301 g/mol. The fraction of sp³-hybridized carbons (Fsp3) is 0.118. The number of hydrogen-bond donors (Lipinski definition) is 1. The third-order valence-corrected chi connectivity index (χ3v) is 3.86. The first-order chi connectivity index (χ1) is 10.1. The van der Waals surface area contributed by atoms with Crippen molar-refractivity contribution in [2.45, 2.75) is 6.92 Å². The molecule has 3 aromatic rings. The summed E-state index contributed by atoms with van der Waals surface area (Å²) in [4.78, 5) is 4.62. The van der Waals surface area contributed by atoms with Crippen molar-refractivity contribution >= 4 is 28.2 Å². The Morgan fingerprint density at radius 2 is 1.86 bits per heavy atom. The van der Waals surface area contributed by atoms with Gasteiger partial charge >= 0.3 is 0 Å². The van der Waals surface area contributed by atoms with Gasteiger partial charge in [0.1, 0.15) is 5.82 Å². The number of anilines is 1. The second-order valence-electron chi connectivity index (χ2n) is 4.86. The minimum Gasteiger partial charge on any atom is -0.387 e. The van der Waals surface area contributed by atoms with Crippen LogP contribution in [0.5, 0.6) is 0 Å². The van der Waals surface area contributed by atoms with E-state index in [4.69, 9.17) is 11.6 Å². The van der Waals surface area contributed by atoms with Crippen LogP contribution in [0.1, 0.15) is 5.56 Å². The van der Waals surface area contributed by atoms with Gasteiger partial charge in [-0.25, -0.2) is 9.37 Å². The van der Waals surface area contributed by atoms with Gasteiger partial charge in [0.15, 0.2) is 0 Å². The quantitative estimate of drug-likeness (QED) is 0.717. The number of rotatable bonds is 2. The van der Waals surface area contributed by atoms with E-state index >= 15 is 0 Å². The second kappa shape index (κ2) is 5.34. The maximum Gasteiger partial charge on any atom is 0.143 e. The minimum atomic E-state index is -0.457. The molecule has 2 aromatic carbocycles. The van der Waals surface area contributed by atoms with E-state index in [-0.39, 0.29) is 5.02 Å². The molecule has 0 aliphatic heterocycles. The van der Waals surface area contributed by atoms with Gasteiger partial charge in [-0.1, -0.05) is 41.9 Å². The molecule has 1 N–H and O–H groups in total. The highest BCUT2D eigenvalue weighted by atomic mass is 35.5. The number of benzene rings is 2. The summed E-state index contributed by atoms with van der Waals surface area (Å²) in [5.41, 5.74) is 4.36. The van der Waals surface area contributed by atoms with Crippen LogP contribution in [0.3, 0.4) is 0 Å². The zero-order valence-electron chi connectivity index (χ0n) is 11.7. The first kappa shape index (κ1) is 13.8. The van der Waals surface area contributed by atoms with Gasteiger partial charge in [0.25, 0.3) is 0 Å². The third kappa shape index (κ3) is 2.34. The molecule has 2 nitrogen and oxygen atoms in total. The molecule has 0 radical (unpaired) electrons. The zero-order valence-corrected chi connectivity index (χ0v) is 12.5. The van der Waals surface area contributed by atoms with Gasteiger partial charge in [0.2, 0.25) is 0 Å². The smallest absolute Gasteiger partial charge is 0.143 e. The van der Waals surface area contributed by atoms with Crippen molar-refractivity contribution in [2.24, 2.45) is 0 Å². The molecule has 1 aromatic heterocycles. The summed E-state index contributed by atoms with van der Waals surface area (Å²) in [5.74, 6) is -0.457. The summed E-state index contributed by atoms with van der Waals surface area (Å²) in [6.45, 7) is 2.00. The van der Waals surface area contributed by atoms with Crippen molar-refractivity contribution in [1.82, 2.24) is 4.98 Å². The predicted octanol–water partition coefficient (Wildman–Crippen LogP) is 5.04. The predicted molar refractivity (Wildman–Crippen MR) is 86.4 cm³/mol. The Morgan fingerprint density at radius 3 is 2.52 bits per heavy atom. The molecule has 1 heterocycles. The van der Waals surface area contributed by atoms with Crippen LogP contribution < -0.4 is 5.32 Å². The fourth-order valence-corrected chi connectivity index (χ4v) is 2.72. The molecule has 0 unspecified atom stereocenters. The Morgan fingerprint density at radius 1 is 1.14 bits per heavy atom. The van der Waals surface area contributed by atoms with E-state index in [9.17, 15) is 4.39 Å². The zero-order chi connectivity index (χ0) is 15.0. The Labute approximate surface area is 127 Å². The van der Waals surface area contributed by atoms with Gasteiger partial charge in [-0.2, -0.15) is 0 Å². The fourth-order valence-electron chi connectivity index (χ4n) is 2.55. The molecule has 0 fully saturated rings. The lowest BCUT2D eigenvalue weighted by molar-refractivity contribution is 0.630. The second-order valence-corrected chi connectivity index (χ2v) is 5.27. The Balaban J connectivity index is 2.38. The number of pyridine rings is 1. The van der Waals surface area contributed by atoms with Crippen LogP contribution in [-0.4, -0.2) is 12.0 Å². The van der Waals surface area contributed by atoms with E-state index in [1.807, 2.05) is 44.3 Å². The van der Waals surface area contributed by atoms with Crippen LogP contribution in [0.2, 0.25) is 5.02 Å². The maximum absolute atomic E-state index is 13.7. The first-order valence-electron chi connectivity index (χ1n) is 6.64. The SMILES string of the molecule is CNc1c(C)c(-c2ccccc2)nc2cc(F)c(Cl)cc12. The summed E-state index contributed by atoms with van der Waals surface area (Å²) in [7, 11) is 1.84. The van der Waals surface area contributed by atoms with Crippen molar-refractivity contribution in [3.8, 4) is 11.3 Å². The molecular formula is C17H14ClFN2. The van der Waals surface area contributed by atoms with E-state index in [1.54, 1.807) is 6.07 Å². The molecule has 0 bridgehead atoms. The Hall–Kier alpha value is -2.13. The number of hydrogen-bond acceptors (Lipinski definition) is 2. The van der Waals surface area contributed by atoms with Gasteiger partial charge in [0.05, 0.1) is 16.2 Å². The summed E-state index contributed by atoms with van der Waals surface area (Å²) in [6.07, 6.45) is 0. The molecule has 0 saturated carbocycles. The topological polar surface area (TPSA) is 24.9 Å². The largest absolute Gasteiger partial charge is 0.387 e. The number of nitrogens with zero attached hydrogens (tertiary/aromatic N) is 1. The molecule has 0 aliphatic carbocycles. The Kier molecular flexibility index (Phi) is 3.52. The highest BCUT2D eigenvalue weighted by molar-refractivity contribution is 6.31. The van der Waals surface area contributed by atoms with Gasteiger partial charge in [-0.15, -0.1) is 0 Å². The average Bonchev–Trinajstić information content (AvgIpc) is 2.50. The van der Waals surface area contributed by atoms with Gasteiger partial charge < -0.3 is 5.32 Å². The van der Waals surface area contributed by atoms with Gasteiger partial charge in [-0.3, -0.25) is 0 Å². The summed E-state index contributed by atoms with van der Waals surface area (Å²) < 4.78 is 13.7. The maximum atomic E-state index is 13.7. The van der Waals surface area contributed by atoms with Crippen molar-refractivity contribution < 1.29 is 4.39 Å². The Bertz CT molecular complexity index is 816.